The van der Waals surface area contributed by atoms with Gasteiger partial charge in [0.25, 0.3) is 0 Å². The van der Waals surface area contributed by atoms with Gasteiger partial charge in [0.2, 0.25) is 0 Å². The monoisotopic (exact) mass is 710 g/mol. The summed E-state index contributed by atoms with van der Waals surface area (Å²) >= 11 is 0. The molecule has 0 saturated heterocycles. The van der Waals surface area contributed by atoms with E-state index in [1.165, 1.54) is 89.0 Å². The Morgan fingerprint density at radius 3 is 1.41 bits per heavy atom. The van der Waals surface area contributed by atoms with E-state index in [4.69, 9.17) is 4.42 Å². The Morgan fingerprint density at radius 2 is 0.786 bits per heavy atom. The topological polar surface area (TPSA) is 13.1 Å². The lowest BCUT2D eigenvalue weighted by Gasteiger charge is -2.31. The van der Waals surface area contributed by atoms with Gasteiger partial charge in [-0.05, 0) is 120 Å². The average Bonchev–Trinajstić information content (AvgIpc) is 3.90. The minimum Gasteiger partial charge on any atom is -0.455 e. The standard InChI is InChI=1S/C55H34O/c1-4-14-35(15-5-1)38-24-26-43-44-27-25-39(42-31-40(36-16-6-2-7-17-36)30-41(32-42)37-18-8-3-9-19-37)34-51(44)55(50(43)33-38)48-22-12-10-21-47(48)53-49(55)29-28-46-45-20-11-13-23-52(45)56-54(46)53/h1-34H. The van der Waals surface area contributed by atoms with Crippen LogP contribution in [0.25, 0.3) is 88.7 Å². The van der Waals surface area contributed by atoms with Gasteiger partial charge in [0.1, 0.15) is 11.2 Å². The smallest absolute Gasteiger partial charge is 0.143 e. The second-order valence-electron chi connectivity index (χ2n) is 15.2. The summed E-state index contributed by atoms with van der Waals surface area (Å²) in [5.41, 5.74) is 21.2. The van der Waals surface area contributed by atoms with E-state index in [0.29, 0.717) is 0 Å². The average molecular weight is 711 g/mol. The highest BCUT2D eigenvalue weighted by Crippen LogP contribution is 2.64. The molecule has 12 rings (SSSR count). The van der Waals surface area contributed by atoms with Gasteiger partial charge in [-0.15, -0.1) is 0 Å². The summed E-state index contributed by atoms with van der Waals surface area (Å²) in [5, 5.41) is 2.31. The van der Waals surface area contributed by atoms with Gasteiger partial charge in [-0.3, -0.25) is 0 Å². The molecule has 0 bridgehead atoms. The van der Waals surface area contributed by atoms with Gasteiger partial charge >= 0.3 is 0 Å². The normalized spacial score (nSPS) is 14.9. The fourth-order valence-electron chi connectivity index (χ4n) is 9.82. The maximum atomic E-state index is 6.83. The van der Waals surface area contributed by atoms with Crippen molar-refractivity contribution in [2.45, 2.75) is 5.41 Å². The number of para-hydroxylation sites is 1. The zero-order chi connectivity index (χ0) is 36.8. The van der Waals surface area contributed by atoms with E-state index < -0.39 is 5.41 Å². The number of rotatable bonds is 4. The summed E-state index contributed by atoms with van der Waals surface area (Å²) in [4.78, 5) is 0. The molecular weight excluding hydrogens is 677 g/mol. The summed E-state index contributed by atoms with van der Waals surface area (Å²) in [6.45, 7) is 0. The molecule has 9 aromatic carbocycles. The van der Waals surface area contributed by atoms with Crippen LogP contribution in [0.1, 0.15) is 22.3 Å². The van der Waals surface area contributed by atoms with Crippen LogP contribution in [0.3, 0.4) is 0 Å². The first-order chi connectivity index (χ1) is 27.8. The third-order valence-corrected chi connectivity index (χ3v) is 12.3. The predicted octanol–water partition coefficient (Wildman–Crippen LogP) is 14.6. The van der Waals surface area contributed by atoms with E-state index in [2.05, 4.69) is 206 Å². The molecule has 1 heteroatoms. The molecule has 10 aromatic rings. The van der Waals surface area contributed by atoms with Gasteiger partial charge in [0.05, 0.1) is 5.41 Å². The van der Waals surface area contributed by atoms with Crippen LogP contribution in [0.5, 0.6) is 0 Å². The SMILES string of the molecule is c1ccc(-c2cc(-c3ccccc3)cc(-c3ccc4c(c3)C3(c5cc(-c6ccccc6)ccc5-4)c4ccccc4-c4c3ccc3c4oc4ccccc43)c2)cc1. The Labute approximate surface area is 325 Å². The molecular formula is C55H34O. The second kappa shape index (κ2) is 11.9. The highest BCUT2D eigenvalue weighted by Gasteiger charge is 2.52. The van der Waals surface area contributed by atoms with Gasteiger partial charge in [-0.2, -0.15) is 0 Å². The number of hydrogen-bond acceptors (Lipinski definition) is 1. The van der Waals surface area contributed by atoms with E-state index in [9.17, 15) is 0 Å². The Balaban J connectivity index is 1.16. The molecule has 2 aliphatic carbocycles. The van der Waals surface area contributed by atoms with Gasteiger partial charge in [0, 0.05) is 16.3 Å². The van der Waals surface area contributed by atoms with Crippen LogP contribution in [0.4, 0.5) is 0 Å². The van der Waals surface area contributed by atoms with Crippen molar-refractivity contribution in [1.82, 2.24) is 0 Å². The lowest BCUT2D eigenvalue weighted by atomic mass is 9.70. The minimum atomic E-state index is -0.552. The van der Waals surface area contributed by atoms with Crippen molar-refractivity contribution < 1.29 is 4.42 Å². The van der Waals surface area contributed by atoms with Gasteiger partial charge in [0.15, 0.2) is 0 Å². The van der Waals surface area contributed by atoms with Crippen LogP contribution >= 0.6 is 0 Å². The van der Waals surface area contributed by atoms with Crippen molar-refractivity contribution >= 4 is 21.9 Å². The number of hydrogen-bond donors (Lipinski definition) is 0. The van der Waals surface area contributed by atoms with E-state index >= 15 is 0 Å². The molecule has 0 radical (unpaired) electrons. The van der Waals surface area contributed by atoms with Crippen LogP contribution in [0.2, 0.25) is 0 Å². The number of furan rings is 1. The summed E-state index contributed by atoms with van der Waals surface area (Å²) in [6, 6.07) is 75.8. The third kappa shape index (κ3) is 4.37. The molecule has 0 saturated carbocycles. The fraction of sp³-hybridized carbons (Fsp3) is 0.0182. The Bertz CT molecular complexity index is 3110. The van der Waals surface area contributed by atoms with Crippen LogP contribution in [0.15, 0.2) is 211 Å². The third-order valence-electron chi connectivity index (χ3n) is 12.3. The van der Waals surface area contributed by atoms with E-state index in [-0.39, 0.29) is 0 Å². The van der Waals surface area contributed by atoms with Crippen molar-refractivity contribution in [2.75, 3.05) is 0 Å². The second-order valence-corrected chi connectivity index (χ2v) is 15.2. The van der Waals surface area contributed by atoms with Crippen LogP contribution in [0, 0.1) is 0 Å². The predicted molar refractivity (Wildman–Crippen MR) is 232 cm³/mol. The van der Waals surface area contributed by atoms with Crippen molar-refractivity contribution in [3.8, 4) is 66.8 Å². The summed E-state index contributed by atoms with van der Waals surface area (Å²) in [5.74, 6) is 0. The molecule has 1 atom stereocenters. The molecule has 1 spiro atoms. The number of benzene rings is 9. The first-order valence-electron chi connectivity index (χ1n) is 19.4. The minimum absolute atomic E-state index is 0.552. The van der Waals surface area contributed by atoms with Crippen molar-refractivity contribution in [2.24, 2.45) is 0 Å². The van der Waals surface area contributed by atoms with Crippen molar-refractivity contribution in [1.29, 1.82) is 0 Å². The zero-order valence-corrected chi connectivity index (χ0v) is 30.5. The lowest BCUT2D eigenvalue weighted by molar-refractivity contribution is 0.669. The van der Waals surface area contributed by atoms with Crippen LogP contribution in [-0.2, 0) is 5.41 Å². The maximum Gasteiger partial charge on any atom is 0.143 e. The van der Waals surface area contributed by atoms with Crippen molar-refractivity contribution in [3.05, 3.63) is 229 Å². The zero-order valence-electron chi connectivity index (χ0n) is 30.5. The molecule has 1 unspecified atom stereocenters. The fourth-order valence-corrected chi connectivity index (χ4v) is 9.82. The molecule has 0 amide bonds. The summed E-state index contributed by atoms with van der Waals surface area (Å²) in [6.07, 6.45) is 0. The molecule has 2 aliphatic rings. The first-order valence-corrected chi connectivity index (χ1v) is 19.4. The van der Waals surface area contributed by atoms with E-state index in [1.807, 2.05) is 0 Å². The van der Waals surface area contributed by atoms with E-state index in [0.717, 1.165) is 21.9 Å². The number of fused-ring (bicyclic) bond motifs is 14. The summed E-state index contributed by atoms with van der Waals surface area (Å²) in [7, 11) is 0. The lowest BCUT2D eigenvalue weighted by Crippen LogP contribution is -2.26. The Hall–Kier alpha value is -7.22. The molecule has 1 heterocycles. The molecule has 1 aromatic heterocycles. The van der Waals surface area contributed by atoms with Gasteiger partial charge < -0.3 is 4.42 Å². The first kappa shape index (κ1) is 31.2. The van der Waals surface area contributed by atoms with Gasteiger partial charge in [-0.25, -0.2) is 0 Å². The van der Waals surface area contributed by atoms with Gasteiger partial charge in [-0.1, -0.05) is 170 Å². The Morgan fingerprint density at radius 1 is 0.286 bits per heavy atom. The highest BCUT2D eigenvalue weighted by atomic mass is 16.3. The molecule has 260 valence electrons. The van der Waals surface area contributed by atoms with Crippen LogP contribution in [-0.4, -0.2) is 0 Å². The maximum absolute atomic E-state index is 6.83. The quantitative estimate of drug-likeness (QED) is 0.177. The molecule has 1 nitrogen and oxygen atoms in total. The highest BCUT2D eigenvalue weighted by molar-refractivity contribution is 6.13. The molecule has 56 heavy (non-hydrogen) atoms. The van der Waals surface area contributed by atoms with Crippen molar-refractivity contribution in [3.63, 3.8) is 0 Å². The molecule has 0 N–H and O–H groups in total. The Kier molecular flexibility index (Phi) is 6.62. The summed E-state index contributed by atoms with van der Waals surface area (Å²) < 4.78 is 6.83. The largest absolute Gasteiger partial charge is 0.455 e. The molecule has 0 aliphatic heterocycles. The molecule has 0 fully saturated rings. The van der Waals surface area contributed by atoms with E-state index in [1.54, 1.807) is 0 Å². The van der Waals surface area contributed by atoms with Crippen LogP contribution < -0.4 is 0 Å².